The summed E-state index contributed by atoms with van der Waals surface area (Å²) < 4.78 is 38.3. The minimum atomic E-state index is -0.479. The van der Waals surface area contributed by atoms with Crippen molar-refractivity contribution in [3.63, 3.8) is 0 Å². The van der Waals surface area contributed by atoms with E-state index in [1.165, 1.54) is 0 Å². The van der Waals surface area contributed by atoms with E-state index >= 15 is 0 Å². The zero-order valence-corrected chi connectivity index (χ0v) is 51.6. The van der Waals surface area contributed by atoms with Crippen LogP contribution in [0.1, 0.15) is 90.2 Å². The van der Waals surface area contributed by atoms with Crippen LogP contribution in [0.5, 0.6) is 23.0 Å². The quantitative estimate of drug-likeness (QED) is 0.0386. The molecule has 10 rings (SSSR count). The van der Waals surface area contributed by atoms with Crippen molar-refractivity contribution in [2.45, 2.75) is 59.7 Å². The molecule has 0 fully saturated rings. The summed E-state index contributed by atoms with van der Waals surface area (Å²) in [7, 11) is 0. The summed E-state index contributed by atoms with van der Waals surface area (Å²) >= 11 is 7.01. The van der Waals surface area contributed by atoms with Crippen LogP contribution in [0.25, 0.3) is 0 Å². The molecule has 0 N–H and O–H groups in total. The molecule has 0 aliphatic rings. The van der Waals surface area contributed by atoms with E-state index < -0.39 is 6.29 Å². The minimum absolute atomic E-state index is 0.198. The van der Waals surface area contributed by atoms with Crippen molar-refractivity contribution in [1.29, 1.82) is 0 Å². The van der Waals surface area contributed by atoms with Gasteiger partial charge in [0.15, 0.2) is 6.29 Å². The SMILES string of the molecule is CCOC(OCC)c1cccc(CN(C(=O)c2ccc(OCc3ccccc3)cc2OCc2ccccc2)c2ccc(Br)cc2)c1.O=Cc1cccc(CN(C(=O)c2ccc(OCc3ccccc3)cc2OCc2ccccc2)c2ccc(Br)cc2)c1. The number of ether oxygens (including phenoxy) is 6. The number of carbonyl (C=O) groups is 3. The third-order valence-electron chi connectivity index (χ3n) is 13.7. The van der Waals surface area contributed by atoms with Gasteiger partial charge in [0.25, 0.3) is 11.8 Å². The molecule has 440 valence electrons. The molecule has 0 aromatic heterocycles. The zero-order chi connectivity index (χ0) is 60.6. The van der Waals surface area contributed by atoms with Gasteiger partial charge in [-0.2, -0.15) is 0 Å². The first-order chi connectivity index (χ1) is 42.6. The molecule has 0 spiro atoms. The van der Waals surface area contributed by atoms with E-state index in [4.69, 9.17) is 28.4 Å². The highest BCUT2D eigenvalue weighted by molar-refractivity contribution is 9.10. The van der Waals surface area contributed by atoms with Crippen LogP contribution in [0.2, 0.25) is 0 Å². The third kappa shape index (κ3) is 18.4. The number of aldehydes is 1. The first-order valence-corrected chi connectivity index (χ1v) is 30.2. The van der Waals surface area contributed by atoms with Gasteiger partial charge in [-0.05, 0) is 132 Å². The topological polar surface area (TPSA) is 113 Å². The highest BCUT2D eigenvalue weighted by atomic mass is 79.9. The van der Waals surface area contributed by atoms with Crippen molar-refractivity contribution in [2.75, 3.05) is 23.0 Å². The first kappa shape index (κ1) is 62.4. The van der Waals surface area contributed by atoms with Crippen LogP contribution in [-0.4, -0.2) is 31.3 Å². The lowest BCUT2D eigenvalue weighted by atomic mass is 10.1. The Labute approximate surface area is 525 Å². The van der Waals surface area contributed by atoms with E-state index in [9.17, 15) is 14.4 Å². The highest BCUT2D eigenvalue weighted by Gasteiger charge is 2.26. The number of hydrogen-bond acceptors (Lipinski definition) is 9. The molecule has 0 saturated carbocycles. The lowest BCUT2D eigenvalue weighted by molar-refractivity contribution is -0.140. The van der Waals surface area contributed by atoms with Gasteiger partial charge in [-0.3, -0.25) is 14.4 Å². The summed E-state index contributed by atoms with van der Waals surface area (Å²) in [6.07, 6.45) is 0.326. The highest BCUT2D eigenvalue weighted by Crippen LogP contribution is 2.34. The lowest BCUT2D eigenvalue weighted by Gasteiger charge is -2.25. The molecule has 2 amide bonds. The van der Waals surface area contributed by atoms with Crippen LogP contribution in [0.4, 0.5) is 11.4 Å². The predicted octanol–water partition coefficient (Wildman–Crippen LogP) is 17.8. The largest absolute Gasteiger partial charge is 0.489 e. The molecule has 10 aromatic rings. The summed E-state index contributed by atoms with van der Waals surface area (Å²) in [5.74, 6) is 1.65. The molecule has 0 bridgehead atoms. The van der Waals surface area contributed by atoms with Gasteiger partial charge in [-0.25, -0.2) is 0 Å². The van der Waals surface area contributed by atoms with Crippen LogP contribution in [0, 0.1) is 0 Å². The molecular formula is C74H66Br2N2O9. The summed E-state index contributed by atoms with van der Waals surface area (Å²) in [5.41, 5.74) is 9.60. The Balaban J connectivity index is 0.000000209. The molecule has 0 atom stereocenters. The van der Waals surface area contributed by atoms with Crippen molar-refractivity contribution in [2.24, 2.45) is 0 Å². The average Bonchev–Trinajstić information content (AvgIpc) is 2.26. The number of benzene rings is 10. The number of nitrogens with zero attached hydrogens (tertiary/aromatic N) is 2. The molecule has 0 heterocycles. The number of carbonyl (C=O) groups excluding carboxylic acids is 3. The van der Waals surface area contributed by atoms with Gasteiger partial charge in [0.05, 0.1) is 24.2 Å². The number of amides is 2. The average molecular weight is 1290 g/mol. The molecule has 87 heavy (non-hydrogen) atoms. The van der Waals surface area contributed by atoms with E-state index in [-0.39, 0.29) is 18.4 Å². The third-order valence-corrected chi connectivity index (χ3v) is 14.8. The van der Waals surface area contributed by atoms with E-state index in [2.05, 4.69) is 31.9 Å². The predicted molar refractivity (Wildman–Crippen MR) is 350 cm³/mol. The van der Waals surface area contributed by atoms with E-state index in [1.54, 1.807) is 52.3 Å². The summed E-state index contributed by atoms with van der Waals surface area (Å²) in [6.45, 7) is 6.92. The van der Waals surface area contributed by atoms with Crippen molar-refractivity contribution < 1.29 is 42.8 Å². The van der Waals surface area contributed by atoms with Gasteiger partial charge < -0.3 is 38.2 Å². The molecule has 11 nitrogen and oxygen atoms in total. The number of halogens is 2. The molecule has 0 aliphatic heterocycles. The standard InChI is InChI=1S/C39H38BrNO5.C35H28BrNO4/c1-3-43-39(44-4-2)32-17-11-16-31(24-32)26-41(34-20-18-33(40)19-21-34)38(42)36-23-22-35(45-27-29-12-7-5-8-13-29)25-37(36)46-28-30-14-9-6-10-15-30;36-30-14-16-31(17-15-30)37(22-28-12-7-13-29(20-28)23-38)35(39)33-19-18-32(40-24-26-8-3-1-4-9-26)21-34(33)41-25-27-10-5-2-6-11-27/h5-25,39H,3-4,26-28H2,1-2H3;1-21,23H,22,24-25H2. The van der Waals surface area contributed by atoms with Crippen molar-refractivity contribution in [3.05, 3.63) is 319 Å². The van der Waals surface area contributed by atoms with Gasteiger partial charge in [-0.15, -0.1) is 0 Å². The molecule has 0 radical (unpaired) electrons. The fourth-order valence-corrected chi connectivity index (χ4v) is 9.86. The Bertz CT molecular complexity index is 3780. The monoisotopic (exact) mass is 1280 g/mol. The molecule has 10 aromatic carbocycles. The Morgan fingerprint density at radius 3 is 1.16 bits per heavy atom. The molecular weight excluding hydrogens is 1220 g/mol. The maximum Gasteiger partial charge on any atom is 0.262 e. The van der Waals surface area contributed by atoms with Crippen LogP contribution in [0.15, 0.2) is 264 Å². The Morgan fingerprint density at radius 1 is 0.402 bits per heavy atom. The van der Waals surface area contributed by atoms with Gasteiger partial charge >= 0.3 is 0 Å². The van der Waals surface area contributed by atoms with E-state index in [0.717, 1.165) is 59.9 Å². The maximum atomic E-state index is 14.5. The lowest BCUT2D eigenvalue weighted by Crippen LogP contribution is -2.31. The van der Waals surface area contributed by atoms with Crippen LogP contribution in [0.3, 0.4) is 0 Å². The van der Waals surface area contributed by atoms with Gasteiger partial charge in [-0.1, -0.05) is 190 Å². The molecule has 0 saturated heterocycles. The molecule has 13 heteroatoms. The number of rotatable bonds is 26. The normalized spacial score (nSPS) is 10.8. The number of anilines is 2. The Morgan fingerprint density at radius 2 is 0.770 bits per heavy atom. The zero-order valence-electron chi connectivity index (χ0n) is 48.4. The van der Waals surface area contributed by atoms with Crippen molar-refractivity contribution >= 4 is 61.3 Å². The summed E-state index contributed by atoms with van der Waals surface area (Å²) in [4.78, 5) is 43.6. The summed E-state index contributed by atoms with van der Waals surface area (Å²) in [6, 6.07) is 80.8. The van der Waals surface area contributed by atoms with Crippen molar-refractivity contribution in [3.8, 4) is 23.0 Å². The van der Waals surface area contributed by atoms with Gasteiger partial charge in [0.2, 0.25) is 0 Å². The van der Waals surface area contributed by atoms with Gasteiger partial charge in [0.1, 0.15) is 55.7 Å². The van der Waals surface area contributed by atoms with Crippen LogP contribution >= 0.6 is 31.9 Å². The number of hydrogen-bond donors (Lipinski definition) is 0. The second-order valence-corrected chi connectivity index (χ2v) is 21.8. The van der Waals surface area contributed by atoms with Crippen LogP contribution < -0.4 is 28.7 Å². The van der Waals surface area contributed by atoms with Crippen molar-refractivity contribution in [1.82, 2.24) is 0 Å². The van der Waals surface area contributed by atoms with E-state index in [1.807, 2.05) is 226 Å². The second-order valence-electron chi connectivity index (χ2n) is 20.0. The minimum Gasteiger partial charge on any atom is -0.489 e. The fourth-order valence-electron chi connectivity index (χ4n) is 9.33. The molecule has 0 unspecified atom stereocenters. The summed E-state index contributed by atoms with van der Waals surface area (Å²) in [5, 5.41) is 0. The second kappa shape index (κ2) is 32.4. The Hall–Kier alpha value is -9.11. The maximum absolute atomic E-state index is 14.5. The molecule has 0 aliphatic carbocycles. The Kier molecular flexibility index (Phi) is 23.3. The smallest absolute Gasteiger partial charge is 0.262 e. The van der Waals surface area contributed by atoms with Crippen LogP contribution in [-0.2, 0) is 49.0 Å². The first-order valence-electron chi connectivity index (χ1n) is 28.6. The van der Waals surface area contributed by atoms with E-state index in [0.29, 0.717) is 91.6 Å². The van der Waals surface area contributed by atoms with Gasteiger partial charge in [0, 0.05) is 56.8 Å². The fraction of sp³-hybridized carbons (Fsp3) is 0.149.